The number of nitrogens with zero attached hydrogens (tertiary/aromatic N) is 1. The zero-order valence-corrected chi connectivity index (χ0v) is 11.5. The SMILES string of the molecule is CC(=O)Nc1ccc(NCc2ccc(O)cn2)cc1C. The van der Waals surface area contributed by atoms with E-state index in [1.165, 1.54) is 13.1 Å². The van der Waals surface area contributed by atoms with Crippen LogP contribution in [0.2, 0.25) is 0 Å². The van der Waals surface area contributed by atoms with E-state index in [0.29, 0.717) is 6.54 Å². The van der Waals surface area contributed by atoms with E-state index >= 15 is 0 Å². The van der Waals surface area contributed by atoms with Crippen LogP contribution >= 0.6 is 0 Å². The number of rotatable bonds is 4. The Bertz CT molecular complexity index is 609. The second kappa shape index (κ2) is 6.06. The highest BCUT2D eigenvalue weighted by Gasteiger charge is 2.02. The first kappa shape index (κ1) is 13.9. The van der Waals surface area contributed by atoms with Gasteiger partial charge in [0.2, 0.25) is 5.91 Å². The fraction of sp³-hybridized carbons (Fsp3) is 0.200. The van der Waals surface area contributed by atoms with Crippen LogP contribution in [0.15, 0.2) is 36.5 Å². The minimum Gasteiger partial charge on any atom is -0.506 e. The molecule has 0 spiro atoms. The third-order valence-corrected chi connectivity index (χ3v) is 2.82. The van der Waals surface area contributed by atoms with E-state index in [9.17, 15) is 4.79 Å². The molecule has 0 fully saturated rings. The number of aromatic hydroxyl groups is 1. The molecule has 2 rings (SSSR count). The van der Waals surface area contributed by atoms with Crippen LogP contribution in [0.4, 0.5) is 11.4 Å². The number of anilines is 2. The zero-order valence-electron chi connectivity index (χ0n) is 11.5. The molecule has 0 aliphatic heterocycles. The van der Waals surface area contributed by atoms with Gasteiger partial charge in [-0.3, -0.25) is 9.78 Å². The first-order valence-corrected chi connectivity index (χ1v) is 6.30. The molecular weight excluding hydrogens is 254 g/mol. The number of carbonyl (C=O) groups is 1. The summed E-state index contributed by atoms with van der Waals surface area (Å²) in [4.78, 5) is 15.1. The van der Waals surface area contributed by atoms with Crippen LogP contribution in [-0.4, -0.2) is 16.0 Å². The Labute approximate surface area is 117 Å². The van der Waals surface area contributed by atoms with E-state index in [1.54, 1.807) is 12.1 Å². The highest BCUT2D eigenvalue weighted by atomic mass is 16.3. The van der Waals surface area contributed by atoms with Crippen molar-refractivity contribution < 1.29 is 9.90 Å². The number of hydrogen-bond donors (Lipinski definition) is 3. The van der Waals surface area contributed by atoms with Gasteiger partial charge in [-0.05, 0) is 42.8 Å². The maximum absolute atomic E-state index is 11.0. The Morgan fingerprint density at radius 2 is 2.10 bits per heavy atom. The van der Waals surface area contributed by atoms with E-state index in [2.05, 4.69) is 15.6 Å². The van der Waals surface area contributed by atoms with Crippen molar-refractivity contribution in [1.29, 1.82) is 0 Å². The van der Waals surface area contributed by atoms with Crippen molar-refractivity contribution in [2.24, 2.45) is 0 Å². The van der Waals surface area contributed by atoms with Gasteiger partial charge in [-0.25, -0.2) is 0 Å². The molecule has 0 bridgehead atoms. The molecule has 0 unspecified atom stereocenters. The van der Waals surface area contributed by atoms with Crippen LogP contribution < -0.4 is 10.6 Å². The second-order valence-electron chi connectivity index (χ2n) is 4.57. The second-order valence-corrected chi connectivity index (χ2v) is 4.57. The molecule has 104 valence electrons. The van der Waals surface area contributed by atoms with Crippen LogP contribution in [-0.2, 0) is 11.3 Å². The van der Waals surface area contributed by atoms with E-state index in [-0.39, 0.29) is 11.7 Å². The molecule has 2 aromatic rings. The summed E-state index contributed by atoms with van der Waals surface area (Å²) >= 11 is 0. The van der Waals surface area contributed by atoms with Crippen molar-refractivity contribution in [1.82, 2.24) is 4.98 Å². The molecule has 0 radical (unpaired) electrons. The van der Waals surface area contributed by atoms with Gasteiger partial charge in [0.1, 0.15) is 5.75 Å². The van der Waals surface area contributed by atoms with E-state index in [1.807, 2.05) is 25.1 Å². The maximum Gasteiger partial charge on any atom is 0.221 e. The lowest BCUT2D eigenvalue weighted by Crippen LogP contribution is -2.07. The van der Waals surface area contributed by atoms with Crippen molar-refractivity contribution in [3.63, 3.8) is 0 Å². The fourth-order valence-corrected chi connectivity index (χ4v) is 1.82. The van der Waals surface area contributed by atoms with Crippen LogP contribution in [0.3, 0.4) is 0 Å². The van der Waals surface area contributed by atoms with Gasteiger partial charge in [0, 0.05) is 18.3 Å². The summed E-state index contributed by atoms with van der Waals surface area (Å²) in [5.41, 5.74) is 3.59. The summed E-state index contributed by atoms with van der Waals surface area (Å²) in [5.74, 6) is 0.0753. The summed E-state index contributed by atoms with van der Waals surface area (Å²) in [6.07, 6.45) is 1.42. The number of pyridine rings is 1. The van der Waals surface area contributed by atoms with Gasteiger partial charge in [-0.1, -0.05) is 0 Å². The molecule has 20 heavy (non-hydrogen) atoms. The number of hydrogen-bond acceptors (Lipinski definition) is 4. The lowest BCUT2D eigenvalue weighted by Gasteiger charge is -2.10. The normalized spacial score (nSPS) is 10.1. The molecule has 0 saturated carbocycles. The maximum atomic E-state index is 11.0. The van der Waals surface area contributed by atoms with Gasteiger partial charge in [0.05, 0.1) is 18.4 Å². The predicted molar refractivity (Wildman–Crippen MR) is 78.7 cm³/mol. The molecule has 1 aromatic heterocycles. The number of benzene rings is 1. The Balaban J connectivity index is 2.01. The molecule has 1 amide bonds. The molecular formula is C15H17N3O2. The highest BCUT2D eigenvalue weighted by Crippen LogP contribution is 2.20. The predicted octanol–water partition coefficient (Wildman–Crippen LogP) is 2.67. The van der Waals surface area contributed by atoms with Gasteiger partial charge in [0.25, 0.3) is 0 Å². The Hall–Kier alpha value is -2.56. The fourth-order valence-electron chi connectivity index (χ4n) is 1.82. The number of amides is 1. The van der Waals surface area contributed by atoms with E-state index in [4.69, 9.17) is 5.11 Å². The van der Waals surface area contributed by atoms with Crippen molar-refractivity contribution in [2.45, 2.75) is 20.4 Å². The zero-order chi connectivity index (χ0) is 14.5. The van der Waals surface area contributed by atoms with Crippen molar-refractivity contribution in [3.8, 4) is 5.75 Å². The van der Waals surface area contributed by atoms with Gasteiger partial charge in [0.15, 0.2) is 0 Å². The average molecular weight is 271 g/mol. The molecule has 0 aliphatic rings. The largest absolute Gasteiger partial charge is 0.506 e. The lowest BCUT2D eigenvalue weighted by molar-refractivity contribution is -0.114. The topological polar surface area (TPSA) is 74.2 Å². The quantitative estimate of drug-likeness (QED) is 0.799. The van der Waals surface area contributed by atoms with Gasteiger partial charge >= 0.3 is 0 Å². The third-order valence-electron chi connectivity index (χ3n) is 2.82. The minimum atomic E-state index is -0.0814. The molecule has 0 atom stereocenters. The van der Waals surface area contributed by atoms with Crippen molar-refractivity contribution >= 4 is 17.3 Å². The van der Waals surface area contributed by atoms with Crippen LogP contribution in [0.5, 0.6) is 5.75 Å². The highest BCUT2D eigenvalue weighted by molar-refractivity contribution is 5.89. The standard InChI is InChI=1S/C15H17N3O2/c1-10-7-12(4-6-15(10)18-11(2)19)16-8-13-3-5-14(20)9-17-13/h3-7,9,16,20H,8H2,1-2H3,(H,18,19). The molecule has 5 nitrogen and oxygen atoms in total. The summed E-state index contributed by atoms with van der Waals surface area (Å²) in [6.45, 7) is 4.00. The van der Waals surface area contributed by atoms with Crippen LogP contribution in [0.1, 0.15) is 18.2 Å². The number of nitrogens with one attached hydrogen (secondary N) is 2. The van der Waals surface area contributed by atoms with Crippen LogP contribution in [0, 0.1) is 6.92 Å². The number of carbonyl (C=O) groups excluding carboxylic acids is 1. The lowest BCUT2D eigenvalue weighted by atomic mass is 10.1. The number of aryl methyl sites for hydroxylation is 1. The number of aromatic nitrogens is 1. The monoisotopic (exact) mass is 271 g/mol. The van der Waals surface area contributed by atoms with E-state index in [0.717, 1.165) is 22.6 Å². The molecule has 3 N–H and O–H groups in total. The molecule has 0 aliphatic carbocycles. The average Bonchev–Trinajstić information content (AvgIpc) is 2.40. The van der Waals surface area contributed by atoms with Crippen molar-refractivity contribution in [2.75, 3.05) is 10.6 Å². The minimum absolute atomic E-state index is 0.0814. The smallest absolute Gasteiger partial charge is 0.221 e. The van der Waals surface area contributed by atoms with Crippen LogP contribution in [0.25, 0.3) is 0 Å². The Morgan fingerprint density at radius 3 is 2.70 bits per heavy atom. The summed E-state index contributed by atoms with van der Waals surface area (Å²) in [5, 5.41) is 15.2. The Kier molecular flexibility index (Phi) is 4.20. The van der Waals surface area contributed by atoms with E-state index < -0.39 is 0 Å². The van der Waals surface area contributed by atoms with Gasteiger partial charge < -0.3 is 15.7 Å². The first-order chi connectivity index (χ1) is 9.54. The van der Waals surface area contributed by atoms with Gasteiger partial charge in [-0.2, -0.15) is 0 Å². The van der Waals surface area contributed by atoms with Crippen molar-refractivity contribution in [3.05, 3.63) is 47.8 Å². The third kappa shape index (κ3) is 3.71. The van der Waals surface area contributed by atoms with Gasteiger partial charge in [-0.15, -0.1) is 0 Å². The Morgan fingerprint density at radius 1 is 1.30 bits per heavy atom. The first-order valence-electron chi connectivity index (χ1n) is 6.30. The molecule has 5 heteroatoms. The molecule has 1 heterocycles. The summed E-state index contributed by atoms with van der Waals surface area (Å²) < 4.78 is 0. The molecule has 0 saturated heterocycles. The molecule has 1 aromatic carbocycles. The summed E-state index contributed by atoms with van der Waals surface area (Å²) in [6, 6.07) is 9.10. The summed E-state index contributed by atoms with van der Waals surface area (Å²) in [7, 11) is 0.